The van der Waals surface area contributed by atoms with E-state index < -0.39 is 6.29 Å². The number of carbonyl (C=O) groups excluding carboxylic acids is 1. The van der Waals surface area contributed by atoms with Crippen molar-refractivity contribution >= 4 is 11.5 Å². The van der Waals surface area contributed by atoms with Crippen LogP contribution >= 0.6 is 0 Å². The van der Waals surface area contributed by atoms with Gasteiger partial charge in [-0.1, -0.05) is 30.3 Å². The summed E-state index contributed by atoms with van der Waals surface area (Å²) in [4.78, 5) is 11.6. The molecule has 0 spiro atoms. The highest BCUT2D eigenvalue weighted by Crippen LogP contribution is 2.30. The zero-order chi connectivity index (χ0) is 10.8. The first-order valence-electron chi connectivity index (χ1n) is 4.74. The molecule has 1 unspecified atom stereocenters. The van der Waals surface area contributed by atoms with Crippen LogP contribution in [-0.4, -0.2) is 19.4 Å². The van der Waals surface area contributed by atoms with E-state index in [1.807, 2.05) is 37.3 Å². The average Bonchev–Trinajstić information content (AvgIpc) is 2.55. The molecule has 0 bridgehead atoms. The fraction of sp³-hybridized carbons (Fsp3) is 0.250. The molecule has 1 aliphatic rings. The largest absolute Gasteiger partial charge is 0.428 e. The second-order valence-corrected chi connectivity index (χ2v) is 3.40. The molecule has 3 nitrogen and oxygen atoms in total. The maximum absolute atomic E-state index is 11.6. The monoisotopic (exact) mass is 204 g/mol. The lowest BCUT2D eigenvalue weighted by atomic mass is 10.0. The Balaban J connectivity index is 2.44. The smallest absolute Gasteiger partial charge is 0.341 e. The van der Waals surface area contributed by atoms with Gasteiger partial charge in [-0.15, -0.1) is 0 Å². The standard InChI is InChI=1S/C12H12O3/c1-8-10(9-6-4-3-5-7-9)11(13)15-12(8)14-2/h3-7,12H,1-2H3. The van der Waals surface area contributed by atoms with Crippen LogP contribution in [0, 0.1) is 0 Å². The van der Waals surface area contributed by atoms with Crippen molar-refractivity contribution in [1.29, 1.82) is 0 Å². The SMILES string of the molecule is COC1OC(=O)C(c2ccccc2)=C1C. The van der Waals surface area contributed by atoms with Crippen molar-refractivity contribution in [2.24, 2.45) is 0 Å². The van der Waals surface area contributed by atoms with E-state index in [9.17, 15) is 4.79 Å². The van der Waals surface area contributed by atoms with Crippen LogP contribution in [0.25, 0.3) is 5.57 Å². The topological polar surface area (TPSA) is 35.5 Å². The highest BCUT2D eigenvalue weighted by Gasteiger charge is 2.31. The highest BCUT2D eigenvalue weighted by molar-refractivity contribution is 6.19. The Kier molecular flexibility index (Phi) is 2.56. The van der Waals surface area contributed by atoms with Crippen LogP contribution in [0.2, 0.25) is 0 Å². The van der Waals surface area contributed by atoms with Gasteiger partial charge in [0.05, 0.1) is 5.57 Å². The Labute approximate surface area is 88.3 Å². The van der Waals surface area contributed by atoms with E-state index >= 15 is 0 Å². The lowest BCUT2D eigenvalue weighted by molar-refractivity contribution is -0.154. The summed E-state index contributed by atoms with van der Waals surface area (Å²) >= 11 is 0. The summed E-state index contributed by atoms with van der Waals surface area (Å²) in [7, 11) is 1.52. The van der Waals surface area contributed by atoms with Crippen molar-refractivity contribution in [3.05, 3.63) is 41.5 Å². The van der Waals surface area contributed by atoms with Gasteiger partial charge in [0.15, 0.2) is 0 Å². The molecule has 3 heteroatoms. The molecule has 1 heterocycles. The van der Waals surface area contributed by atoms with Crippen LogP contribution in [0.3, 0.4) is 0 Å². The van der Waals surface area contributed by atoms with Gasteiger partial charge >= 0.3 is 5.97 Å². The van der Waals surface area contributed by atoms with E-state index in [0.717, 1.165) is 11.1 Å². The Hall–Kier alpha value is -1.61. The number of methoxy groups -OCH3 is 1. The van der Waals surface area contributed by atoms with Crippen LogP contribution in [0.1, 0.15) is 12.5 Å². The minimum atomic E-state index is -0.535. The highest BCUT2D eigenvalue weighted by atomic mass is 16.7. The first-order chi connectivity index (χ1) is 7.24. The van der Waals surface area contributed by atoms with Gasteiger partial charge in [-0.2, -0.15) is 0 Å². The van der Waals surface area contributed by atoms with Crippen LogP contribution in [0.5, 0.6) is 0 Å². The van der Waals surface area contributed by atoms with Gasteiger partial charge in [0.25, 0.3) is 0 Å². The number of rotatable bonds is 2. The maximum atomic E-state index is 11.6. The lowest BCUT2D eigenvalue weighted by Gasteiger charge is -2.07. The third-order valence-corrected chi connectivity index (χ3v) is 2.44. The van der Waals surface area contributed by atoms with E-state index in [-0.39, 0.29) is 5.97 Å². The number of hydrogen-bond donors (Lipinski definition) is 0. The normalized spacial score (nSPS) is 20.7. The van der Waals surface area contributed by atoms with Gasteiger partial charge in [0.2, 0.25) is 6.29 Å². The van der Waals surface area contributed by atoms with Crippen LogP contribution in [0.4, 0.5) is 0 Å². The van der Waals surface area contributed by atoms with E-state index in [0.29, 0.717) is 5.57 Å². The molecule has 0 aromatic heterocycles. The Bertz CT molecular complexity index is 406. The molecule has 78 valence electrons. The van der Waals surface area contributed by atoms with E-state index in [1.54, 1.807) is 0 Å². The summed E-state index contributed by atoms with van der Waals surface area (Å²) in [5, 5.41) is 0. The zero-order valence-electron chi connectivity index (χ0n) is 8.69. The number of hydrogen-bond acceptors (Lipinski definition) is 3. The molecule has 1 aromatic carbocycles. The fourth-order valence-electron chi connectivity index (χ4n) is 1.70. The fourth-order valence-corrected chi connectivity index (χ4v) is 1.70. The summed E-state index contributed by atoms with van der Waals surface area (Å²) in [6.07, 6.45) is -0.535. The molecule has 1 aromatic rings. The molecule has 0 fully saturated rings. The second kappa shape index (κ2) is 3.87. The number of benzene rings is 1. The molecule has 1 atom stereocenters. The molecule has 0 saturated carbocycles. The Morgan fingerprint density at radius 1 is 1.27 bits per heavy atom. The quantitative estimate of drug-likeness (QED) is 0.691. The zero-order valence-corrected chi connectivity index (χ0v) is 8.69. The molecule has 0 saturated heterocycles. The molecule has 15 heavy (non-hydrogen) atoms. The van der Waals surface area contributed by atoms with Gasteiger partial charge in [-0.25, -0.2) is 4.79 Å². The summed E-state index contributed by atoms with van der Waals surface area (Å²) in [5.74, 6) is -0.314. The van der Waals surface area contributed by atoms with E-state index in [2.05, 4.69) is 0 Å². The summed E-state index contributed by atoms with van der Waals surface area (Å²) in [5.41, 5.74) is 2.32. The molecule has 2 rings (SSSR count). The minimum Gasteiger partial charge on any atom is -0.428 e. The molecular formula is C12H12O3. The van der Waals surface area contributed by atoms with Gasteiger partial charge < -0.3 is 9.47 Å². The van der Waals surface area contributed by atoms with Gasteiger partial charge in [0.1, 0.15) is 0 Å². The first kappa shape index (κ1) is 9.93. The van der Waals surface area contributed by atoms with Crippen molar-refractivity contribution in [2.75, 3.05) is 7.11 Å². The lowest BCUT2D eigenvalue weighted by Crippen LogP contribution is -2.12. The van der Waals surface area contributed by atoms with Crippen molar-refractivity contribution in [3.8, 4) is 0 Å². The molecule has 1 aliphatic heterocycles. The summed E-state index contributed by atoms with van der Waals surface area (Å²) in [6.45, 7) is 1.85. The van der Waals surface area contributed by atoms with E-state index in [4.69, 9.17) is 9.47 Å². The molecule has 0 aliphatic carbocycles. The van der Waals surface area contributed by atoms with Crippen LogP contribution < -0.4 is 0 Å². The predicted molar refractivity (Wildman–Crippen MR) is 55.9 cm³/mol. The van der Waals surface area contributed by atoms with Crippen molar-refractivity contribution < 1.29 is 14.3 Å². The van der Waals surface area contributed by atoms with Crippen molar-refractivity contribution in [2.45, 2.75) is 13.2 Å². The summed E-state index contributed by atoms with van der Waals surface area (Å²) < 4.78 is 10.1. The van der Waals surface area contributed by atoms with Crippen molar-refractivity contribution in [1.82, 2.24) is 0 Å². The van der Waals surface area contributed by atoms with Gasteiger partial charge in [-0.3, -0.25) is 0 Å². The molecule has 0 N–H and O–H groups in total. The number of carbonyl (C=O) groups is 1. The van der Waals surface area contributed by atoms with Crippen LogP contribution in [0.15, 0.2) is 35.9 Å². The number of ether oxygens (including phenoxy) is 2. The molecule has 0 amide bonds. The minimum absolute atomic E-state index is 0.314. The van der Waals surface area contributed by atoms with Crippen LogP contribution in [-0.2, 0) is 14.3 Å². The Morgan fingerprint density at radius 3 is 2.47 bits per heavy atom. The maximum Gasteiger partial charge on any atom is 0.341 e. The third kappa shape index (κ3) is 1.66. The summed E-state index contributed by atoms with van der Waals surface area (Å²) in [6, 6.07) is 9.47. The number of esters is 1. The number of cyclic esters (lactones) is 1. The van der Waals surface area contributed by atoms with E-state index in [1.165, 1.54) is 7.11 Å². The second-order valence-electron chi connectivity index (χ2n) is 3.40. The van der Waals surface area contributed by atoms with Gasteiger partial charge in [-0.05, 0) is 12.5 Å². The van der Waals surface area contributed by atoms with Crippen molar-refractivity contribution in [3.63, 3.8) is 0 Å². The third-order valence-electron chi connectivity index (χ3n) is 2.44. The molecule has 0 radical (unpaired) electrons. The first-order valence-corrected chi connectivity index (χ1v) is 4.74. The molecular weight excluding hydrogens is 192 g/mol. The average molecular weight is 204 g/mol. The van der Waals surface area contributed by atoms with Gasteiger partial charge in [0, 0.05) is 12.7 Å². The Morgan fingerprint density at radius 2 is 1.93 bits per heavy atom. The predicted octanol–water partition coefficient (Wildman–Crippen LogP) is 1.99.